The van der Waals surface area contributed by atoms with Crippen molar-refractivity contribution in [3.63, 3.8) is 0 Å². The number of rotatable bonds is 4. The fourth-order valence-corrected chi connectivity index (χ4v) is 3.06. The van der Waals surface area contributed by atoms with Crippen LogP contribution in [0.1, 0.15) is 38.6 Å². The Balaban J connectivity index is 2.08. The van der Waals surface area contributed by atoms with Crippen LogP contribution in [0.25, 0.3) is 16.6 Å². The predicted octanol–water partition coefficient (Wildman–Crippen LogP) is 3.97. The number of para-hydroxylation sites is 1. The topological polar surface area (TPSA) is 61.2 Å². The van der Waals surface area contributed by atoms with Crippen LogP contribution in [0.4, 0.5) is 0 Å². The van der Waals surface area contributed by atoms with Gasteiger partial charge in [0.2, 0.25) is 0 Å². The van der Waals surface area contributed by atoms with Gasteiger partial charge in [-0.05, 0) is 51.5 Å². The van der Waals surface area contributed by atoms with Crippen molar-refractivity contribution in [1.29, 1.82) is 0 Å². The molecule has 140 valence electrons. The third-order valence-corrected chi connectivity index (χ3v) is 4.16. The van der Waals surface area contributed by atoms with Crippen LogP contribution in [-0.2, 0) is 16.0 Å². The summed E-state index contributed by atoms with van der Waals surface area (Å²) >= 11 is 0. The second-order valence-corrected chi connectivity index (χ2v) is 7.56. The summed E-state index contributed by atoms with van der Waals surface area (Å²) in [5.74, 6) is 0.246. The van der Waals surface area contributed by atoms with Crippen molar-refractivity contribution in [3.05, 3.63) is 70.3 Å². The van der Waals surface area contributed by atoms with E-state index >= 15 is 0 Å². The Labute approximate surface area is 158 Å². The number of ether oxygens (including phenoxy) is 1. The lowest BCUT2D eigenvalue weighted by molar-refractivity contribution is -0.154. The molecule has 0 spiro atoms. The van der Waals surface area contributed by atoms with Crippen LogP contribution in [0.15, 0.2) is 53.3 Å². The van der Waals surface area contributed by atoms with Crippen molar-refractivity contribution in [2.24, 2.45) is 0 Å². The summed E-state index contributed by atoms with van der Waals surface area (Å²) < 4.78 is 6.98. The highest BCUT2D eigenvalue weighted by Gasteiger charge is 2.19. The van der Waals surface area contributed by atoms with Gasteiger partial charge in [-0.25, -0.2) is 4.98 Å². The van der Waals surface area contributed by atoms with Crippen molar-refractivity contribution < 1.29 is 9.53 Å². The van der Waals surface area contributed by atoms with Crippen LogP contribution < -0.4 is 5.56 Å². The molecule has 0 N–H and O–H groups in total. The van der Waals surface area contributed by atoms with Gasteiger partial charge >= 0.3 is 5.97 Å². The van der Waals surface area contributed by atoms with E-state index in [-0.39, 0.29) is 17.9 Å². The molecule has 0 atom stereocenters. The minimum absolute atomic E-state index is 0.122. The number of nitrogens with zero attached hydrogens (tertiary/aromatic N) is 2. The molecule has 5 nitrogen and oxygen atoms in total. The number of esters is 1. The first-order chi connectivity index (χ1) is 12.8. The van der Waals surface area contributed by atoms with Crippen LogP contribution in [0.5, 0.6) is 0 Å². The van der Waals surface area contributed by atoms with E-state index in [1.165, 1.54) is 0 Å². The fraction of sp³-hybridized carbons (Fsp3) is 0.318. The minimum atomic E-state index is -0.538. The summed E-state index contributed by atoms with van der Waals surface area (Å²) in [6.45, 7) is 7.41. The zero-order valence-corrected chi connectivity index (χ0v) is 16.2. The van der Waals surface area contributed by atoms with Gasteiger partial charge in [-0.3, -0.25) is 14.2 Å². The fourth-order valence-electron chi connectivity index (χ4n) is 3.06. The number of aryl methyl sites for hydroxylation is 2. The van der Waals surface area contributed by atoms with Crippen LogP contribution in [0.2, 0.25) is 0 Å². The van der Waals surface area contributed by atoms with Crippen molar-refractivity contribution in [3.8, 4) is 5.69 Å². The summed E-state index contributed by atoms with van der Waals surface area (Å²) in [7, 11) is 0. The van der Waals surface area contributed by atoms with E-state index in [0.717, 1.165) is 11.3 Å². The Morgan fingerprint density at radius 3 is 2.44 bits per heavy atom. The summed E-state index contributed by atoms with van der Waals surface area (Å²) in [5, 5.41) is 0.599. The SMILES string of the molecule is Cc1cccc2nc(CCC(=O)OC(C)(C)C)n(-c3ccccc3)c(=O)c12. The molecule has 0 aliphatic rings. The molecule has 1 aromatic heterocycles. The third kappa shape index (κ3) is 4.25. The van der Waals surface area contributed by atoms with Crippen LogP contribution in [0.3, 0.4) is 0 Å². The molecular formula is C22H24N2O3. The van der Waals surface area contributed by atoms with Crippen molar-refractivity contribution >= 4 is 16.9 Å². The number of aromatic nitrogens is 2. The quantitative estimate of drug-likeness (QED) is 0.657. The van der Waals surface area contributed by atoms with Gasteiger partial charge in [0.05, 0.1) is 23.0 Å². The highest BCUT2D eigenvalue weighted by atomic mass is 16.6. The molecule has 0 aliphatic heterocycles. The Kier molecular flexibility index (Phi) is 5.13. The summed E-state index contributed by atoms with van der Waals surface area (Å²) in [6.07, 6.45) is 0.483. The zero-order valence-electron chi connectivity index (χ0n) is 16.2. The van der Waals surface area contributed by atoms with Gasteiger partial charge in [0.1, 0.15) is 11.4 Å². The van der Waals surface area contributed by atoms with E-state index in [0.29, 0.717) is 23.1 Å². The molecule has 0 saturated heterocycles. The molecule has 2 aromatic carbocycles. The Morgan fingerprint density at radius 1 is 1.07 bits per heavy atom. The lowest BCUT2D eigenvalue weighted by atomic mass is 10.1. The van der Waals surface area contributed by atoms with Gasteiger partial charge in [0, 0.05) is 6.42 Å². The maximum absolute atomic E-state index is 13.3. The maximum Gasteiger partial charge on any atom is 0.306 e. The van der Waals surface area contributed by atoms with Gasteiger partial charge in [0.15, 0.2) is 0 Å². The monoisotopic (exact) mass is 364 g/mol. The molecule has 1 heterocycles. The third-order valence-electron chi connectivity index (χ3n) is 4.16. The molecule has 0 radical (unpaired) electrons. The minimum Gasteiger partial charge on any atom is -0.460 e. The van der Waals surface area contributed by atoms with Gasteiger partial charge < -0.3 is 4.74 Å². The van der Waals surface area contributed by atoms with Crippen molar-refractivity contribution in [2.45, 2.75) is 46.1 Å². The Hall–Kier alpha value is -2.95. The smallest absolute Gasteiger partial charge is 0.306 e. The average Bonchev–Trinajstić information content (AvgIpc) is 2.59. The van der Waals surface area contributed by atoms with E-state index in [9.17, 15) is 9.59 Å². The second-order valence-electron chi connectivity index (χ2n) is 7.56. The first kappa shape index (κ1) is 18.8. The second kappa shape index (κ2) is 7.35. The van der Waals surface area contributed by atoms with Crippen LogP contribution in [-0.4, -0.2) is 21.1 Å². The number of benzene rings is 2. The molecule has 0 aliphatic carbocycles. The Bertz CT molecular complexity index is 1030. The van der Waals surface area contributed by atoms with Gasteiger partial charge in [-0.15, -0.1) is 0 Å². The first-order valence-electron chi connectivity index (χ1n) is 9.05. The van der Waals surface area contributed by atoms with Crippen molar-refractivity contribution in [1.82, 2.24) is 9.55 Å². The molecule has 0 bridgehead atoms. The molecule has 5 heteroatoms. The summed E-state index contributed by atoms with van der Waals surface area (Å²) in [5.41, 5.74) is 1.60. The van der Waals surface area contributed by atoms with Crippen LogP contribution >= 0.6 is 0 Å². The average molecular weight is 364 g/mol. The number of carbonyl (C=O) groups is 1. The normalized spacial score (nSPS) is 11.6. The molecule has 3 rings (SSSR count). The number of fused-ring (bicyclic) bond motifs is 1. The molecular weight excluding hydrogens is 340 g/mol. The van der Waals surface area contributed by atoms with Crippen LogP contribution in [0, 0.1) is 6.92 Å². The molecule has 3 aromatic rings. The molecule has 0 fully saturated rings. The summed E-state index contributed by atoms with van der Waals surface area (Å²) in [4.78, 5) is 30.1. The largest absolute Gasteiger partial charge is 0.460 e. The lowest BCUT2D eigenvalue weighted by Crippen LogP contribution is -2.27. The van der Waals surface area contributed by atoms with Crippen molar-refractivity contribution in [2.75, 3.05) is 0 Å². The van der Waals surface area contributed by atoms with E-state index in [1.807, 2.05) is 76.2 Å². The van der Waals surface area contributed by atoms with E-state index < -0.39 is 5.60 Å². The standard InChI is InChI=1S/C22H24N2O3/c1-15-9-8-12-17-20(15)21(26)24(16-10-6-5-7-11-16)18(23-17)13-14-19(25)27-22(2,3)4/h5-12H,13-14H2,1-4H3. The zero-order chi connectivity index (χ0) is 19.6. The number of hydrogen-bond donors (Lipinski definition) is 0. The number of carbonyl (C=O) groups excluding carboxylic acids is 1. The summed E-state index contributed by atoms with van der Waals surface area (Å²) in [6, 6.07) is 15.0. The molecule has 0 amide bonds. The van der Waals surface area contributed by atoms with Gasteiger partial charge in [-0.1, -0.05) is 30.3 Å². The molecule has 0 saturated carbocycles. The molecule has 27 heavy (non-hydrogen) atoms. The number of hydrogen-bond acceptors (Lipinski definition) is 4. The first-order valence-corrected chi connectivity index (χ1v) is 9.05. The maximum atomic E-state index is 13.3. The Morgan fingerprint density at radius 2 is 1.78 bits per heavy atom. The van der Waals surface area contributed by atoms with Gasteiger partial charge in [0.25, 0.3) is 5.56 Å². The van der Waals surface area contributed by atoms with E-state index in [4.69, 9.17) is 9.72 Å². The lowest BCUT2D eigenvalue weighted by Gasteiger charge is -2.20. The van der Waals surface area contributed by atoms with E-state index in [2.05, 4.69) is 0 Å². The highest BCUT2D eigenvalue weighted by Crippen LogP contribution is 2.17. The van der Waals surface area contributed by atoms with Gasteiger partial charge in [-0.2, -0.15) is 0 Å². The highest BCUT2D eigenvalue weighted by molar-refractivity contribution is 5.81. The predicted molar refractivity (Wildman–Crippen MR) is 106 cm³/mol. The van der Waals surface area contributed by atoms with E-state index in [1.54, 1.807) is 4.57 Å². The molecule has 0 unspecified atom stereocenters.